The molecule has 2 unspecified atom stereocenters. The van der Waals surface area contributed by atoms with E-state index in [0.29, 0.717) is 5.56 Å². The second-order valence-corrected chi connectivity index (χ2v) is 5.82. The lowest BCUT2D eigenvalue weighted by Gasteiger charge is -2.20. The van der Waals surface area contributed by atoms with Gasteiger partial charge < -0.3 is 5.48 Å². The zero-order chi connectivity index (χ0) is 15.4. The molecule has 2 saturated carbocycles. The first-order valence-electron chi connectivity index (χ1n) is 6.71. The Morgan fingerprint density at radius 1 is 1.14 bits per heavy atom. The fourth-order valence-corrected chi connectivity index (χ4v) is 3.33. The first-order chi connectivity index (χ1) is 10.1. The number of Topliss-reactive ketones (excluding diaryl/α,β-unsaturated/α-hetero) is 3. The lowest BCUT2D eigenvalue weighted by molar-refractivity contribution is -0.141. The van der Waals surface area contributed by atoms with Crippen LogP contribution in [0.3, 0.4) is 0 Å². The third kappa shape index (κ3) is 3.65. The number of hydrogen-bond donors (Lipinski definition) is 2. The van der Waals surface area contributed by atoms with Crippen LogP contribution < -0.4 is 11.3 Å². The number of ketones is 3. The van der Waals surface area contributed by atoms with Crippen molar-refractivity contribution in [1.29, 1.82) is 0 Å². The molecule has 1 heterocycles. The molecule has 1 aromatic rings. The molecule has 7 nitrogen and oxygen atoms in total. The van der Waals surface area contributed by atoms with Crippen LogP contribution in [0.1, 0.15) is 36.0 Å². The van der Waals surface area contributed by atoms with Crippen LogP contribution in [0, 0.1) is 11.8 Å². The van der Waals surface area contributed by atoms with Crippen molar-refractivity contribution in [3.63, 3.8) is 0 Å². The molecule has 2 aliphatic rings. The van der Waals surface area contributed by atoms with Crippen molar-refractivity contribution < 1.29 is 24.7 Å². The third-order valence-corrected chi connectivity index (χ3v) is 4.48. The van der Waals surface area contributed by atoms with Gasteiger partial charge in [0.05, 0.1) is 5.56 Å². The van der Waals surface area contributed by atoms with Gasteiger partial charge in [0.25, 0.3) is 11.7 Å². The molecule has 22 heavy (non-hydrogen) atoms. The zero-order valence-electron chi connectivity index (χ0n) is 11.8. The number of nitrogens with one attached hydrogen (secondary N) is 1. The molecular weight excluding hydrogens is 308 g/mol. The minimum atomic E-state index is -0.744. The predicted octanol–water partition coefficient (Wildman–Crippen LogP) is 0.0406. The van der Waals surface area contributed by atoms with Crippen molar-refractivity contribution in [2.75, 3.05) is 0 Å². The van der Waals surface area contributed by atoms with Gasteiger partial charge in [0.15, 0.2) is 0 Å². The quantitative estimate of drug-likeness (QED) is 0.325. The summed E-state index contributed by atoms with van der Waals surface area (Å²) < 4.78 is 0. The minimum absolute atomic E-state index is 0. The topological polar surface area (TPSA) is 138 Å². The summed E-state index contributed by atoms with van der Waals surface area (Å²) in [6.07, 6.45) is 3.43. The summed E-state index contributed by atoms with van der Waals surface area (Å²) in [7, 11) is 0. The van der Waals surface area contributed by atoms with E-state index in [4.69, 9.17) is 5.84 Å². The van der Waals surface area contributed by atoms with Crippen LogP contribution in [0.2, 0.25) is 0 Å². The Hall–Kier alpha value is -1.90. The van der Waals surface area contributed by atoms with Gasteiger partial charge >= 0.3 is 0 Å². The highest BCUT2D eigenvalue weighted by Gasteiger charge is 2.48. The monoisotopic (exact) mass is 326 g/mol. The number of carbonyl (C=O) groups is 4. The number of hydrogen-bond acceptors (Lipinski definition) is 6. The highest BCUT2D eigenvalue weighted by atomic mass is 32.1. The van der Waals surface area contributed by atoms with Crippen LogP contribution in [0.4, 0.5) is 0 Å². The summed E-state index contributed by atoms with van der Waals surface area (Å²) >= 11 is 1.47. The summed E-state index contributed by atoms with van der Waals surface area (Å²) in [5, 5.41) is 3.56. The molecule has 0 radical (unpaired) electrons. The molecule has 3 rings (SSSR count). The Morgan fingerprint density at radius 3 is 2.09 bits per heavy atom. The Balaban J connectivity index is 0.000000219. The van der Waals surface area contributed by atoms with Crippen LogP contribution in [-0.2, 0) is 14.4 Å². The normalized spacial score (nSPS) is 23.0. The lowest BCUT2D eigenvalue weighted by Crippen LogP contribution is -2.29. The fourth-order valence-electron chi connectivity index (χ4n) is 2.69. The van der Waals surface area contributed by atoms with Crippen LogP contribution >= 0.6 is 11.3 Å². The van der Waals surface area contributed by atoms with Crippen molar-refractivity contribution in [2.24, 2.45) is 17.7 Å². The number of carbonyl (C=O) groups excluding carboxylic acids is 4. The average Bonchev–Trinajstić information content (AvgIpc) is 3.13. The van der Waals surface area contributed by atoms with E-state index in [-0.39, 0.29) is 23.2 Å². The first kappa shape index (κ1) is 18.1. The standard InChI is InChI=1S/C9H10O3.C5H6N2OS.H2O/c10-7-5-3-1-2-4-6(5)8(11)9(7)12;6-7-5(8)4-1-2-9-3-4;/h5-6H,1-4H2;1-3H,6H2,(H,7,8);1H2. The number of fused-ring (bicyclic) bond motifs is 1. The second-order valence-electron chi connectivity index (χ2n) is 5.04. The largest absolute Gasteiger partial charge is 0.412 e. The van der Waals surface area contributed by atoms with Gasteiger partial charge in [-0.1, -0.05) is 12.8 Å². The summed E-state index contributed by atoms with van der Waals surface area (Å²) in [4.78, 5) is 44.0. The van der Waals surface area contributed by atoms with E-state index in [1.54, 1.807) is 11.4 Å². The van der Waals surface area contributed by atoms with Crippen molar-refractivity contribution >= 4 is 34.6 Å². The molecule has 2 fully saturated rings. The highest BCUT2D eigenvalue weighted by Crippen LogP contribution is 2.36. The molecule has 0 aromatic carbocycles. The van der Waals surface area contributed by atoms with E-state index in [9.17, 15) is 19.2 Å². The number of nitrogens with two attached hydrogens (primary N) is 1. The molecule has 1 aromatic heterocycles. The maximum absolute atomic E-state index is 11.2. The van der Waals surface area contributed by atoms with Crippen LogP contribution in [0.5, 0.6) is 0 Å². The van der Waals surface area contributed by atoms with Gasteiger partial charge in [0.2, 0.25) is 11.6 Å². The van der Waals surface area contributed by atoms with E-state index in [0.717, 1.165) is 25.7 Å². The summed E-state index contributed by atoms with van der Waals surface area (Å²) in [5.74, 6) is 2.53. The summed E-state index contributed by atoms with van der Waals surface area (Å²) in [6, 6.07) is 1.72. The van der Waals surface area contributed by atoms with Crippen LogP contribution in [0.25, 0.3) is 0 Å². The Kier molecular flexibility index (Phi) is 6.54. The van der Waals surface area contributed by atoms with E-state index in [1.807, 2.05) is 10.8 Å². The average molecular weight is 326 g/mol. The van der Waals surface area contributed by atoms with Gasteiger partial charge in [-0.3, -0.25) is 24.6 Å². The van der Waals surface area contributed by atoms with Gasteiger partial charge in [0.1, 0.15) is 0 Å². The molecule has 5 N–H and O–H groups in total. The Labute approximate surface area is 131 Å². The third-order valence-electron chi connectivity index (χ3n) is 3.80. The lowest BCUT2D eigenvalue weighted by atomic mass is 9.81. The van der Waals surface area contributed by atoms with Crippen molar-refractivity contribution in [2.45, 2.75) is 25.7 Å². The van der Waals surface area contributed by atoms with E-state index >= 15 is 0 Å². The van der Waals surface area contributed by atoms with Crippen LogP contribution in [0.15, 0.2) is 16.8 Å². The molecular formula is C14H18N2O5S. The van der Waals surface area contributed by atoms with Crippen molar-refractivity contribution in [1.82, 2.24) is 5.43 Å². The molecule has 0 bridgehead atoms. The van der Waals surface area contributed by atoms with Gasteiger partial charge in [-0.25, -0.2) is 5.84 Å². The Morgan fingerprint density at radius 2 is 1.68 bits per heavy atom. The predicted molar refractivity (Wildman–Crippen MR) is 80.1 cm³/mol. The molecule has 0 saturated heterocycles. The first-order valence-corrected chi connectivity index (χ1v) is 7.66. The Bertz CT molecular complexity index is 544. The number of hydrazine groups is 1. The molecule has 0 spiro atoms. The van der Waals surface area contributed by atoms with E-state index in [2.05, 4.69) is 0 Å². The minimum Gasteiger partial charge on any atom is -0.412 e. The van der Waals surface area contributed by atoms with E-state index in [1.165, 1.54) is 11.3 Å². The zero-order valence-corrected chi connectivity index (χ0v) is 12.7. The number of thiophene rings is 1. The van der Waals surface area contributed by atoms with Gasteiger partial charge in [0, 0.05) is 17.2 Å². The summed E-state index contributed by atoms with van der Waals surface area (Å²) in [5.41, 5.74) is 2.65. The fraction of sp³-hybridized carbons (Fsp3) is 0.429. The molecule has 120 valence electrons. The number of rotatable bonds is 1. The van der Waals surface area contributed by atoms with Crippen LogP contribution in [-0.4, -0.2) is 28.7 Å². The number of amides is 1. The second kappa shape index (κ2) is 7.92. The SMILES string of the molecule is NNC(=O)c1ccsc1.O.O=C1C(=O)C2CCCCC2C1=O. The van der Waals surface area contributed by atoms with Gasteiger partial charge in [-0.15, -0.1) is 0 Å². The molecule has 0 aliphatic heterocycles. The molecule has 1 amide bonds. The maximum Gasteiger partial charge on any atom is 0.266 e. The smallest absolute Gasteiger partial charge is 0.266 e. The molecule has 2 aliphatic carbocycles. The van der Waals surface area contributed by atoms with Gasteiger partial charge in [-0.05, 0) is 24.3 Å². The maximum atomic E-state index is 11.2. The number of nitrogen functional groups attached to an aromatic ring is 1. The van der Waals surface area contributed by atoms with Gasteiger partial charge in [-0.2, -0.15) is 11.3 Å². The van der Waals surface area contributed by atoms with Crippen molar-refractivity contribution in [3.8, 4) is 0 Å². The van der Waals surface area contributed by atoms with Crippen molar-refractivity contribution in [3.05, 3.63) is 22.4 Å². The highest BCUT2D eigenvalue weighted by molar-refractivity contribution is 7.08. The summed E-state index contributed by atoms with van der Waals surface area (Å²) in [6.45, 7) is 0. The molecule has 2 atom stereocenters. The van der Waals surface area contributed by atoms with E-state index < -0.39 is 17.3 Å². The molecule has 8 heteroatoms.